The number of hydrogen-bond acceptors (Lipinski definition) is 1. The highest BCUT2D eigenvalue weighted by Crippen LogP contribution is 1.93. The summed E-state index contributed by atoms with van der Waals surface area (Å²) in [5.74, 6) is 2.56. The molecule has 36 valence electrons. The smallest absolute Gasteiger partial charge is 0.0285 e. The number of rotatable bonds is 0. The molecule has 0 saturated carbocycles. The maximum atomic E-state index is 5.08. The van der Waals surface area contributed by atoms with Crippen LogP contribution >= 0.6 is 0 Å². The van der Waals surface area contributed by atoms with Crippen LogP contribution in [0.15, 0.2) is 11.6 Å². The van der Waals surface area contributed by atoms with Crippen LogP contribution in [-0.2, 0) is 0 Å². The van der Waals surface area contributed by atoms with E-state index < -0.39 is 0 Å². The minimum Gasteiger partial charge on any atom is -0.309 e. The van der Waals surface area contributed by atoms with Gasteiger partial charge < -0.3 is 5.32 Å². The second-order valence-corrected chi connectivity index (χ2v) is 1.50. The fraction of sp³-hybridized carbons (Fsp3) is 0.333. The Kier molecular flexibility index (Phi) is 1.14. The topological polar surface area (TPSA) is 12.0 Å². The molecule has 1 heterocycles. The molecule has 0 bridgehead atoms. The highest BCUT2D eigenvalue weighted by Gasteiger charge is 1.96. The first-order valence-electron chi connectivity index (χ1n) is 2.30. The van der Waals surface area contributed by atoms with E-state index in [0.29, 0.717) is 0 Å². The maximum absolute atomic E-state index is 5.08. The molecule has 0 aromatic rings. The van der Waals surface area contributed by atoms with Crippen LogP contribution in [0.5, 0.6) is 0 Å². The molecule has 0 aromatic heterocycles. The Morgan fingerprint density at radius 2 is 2.71 bits per heavy atom. The van der Waals surface area contributed by atoms with Crippen LogP contribution < -0.4 is 5.32 Å². The summed E-state index contributed by atoms with van der Waals surface area (Å²) in [6, 6.07) is 0. The molecule has 0 aliphatic carbocycles. The molecule has 1 rings (SSSR count). The second kappa shape index (κ2) is 1.81. The average molecular weight is 93.1 g/mol. The maximum Gasteiger partial charge on any atom is 0.0285 e. The van der Waals surface area contributed by atoms with Gasteiger partial charge in [-0.15, -0.1) is 6.42 Å². The van der Waals surface area contributed by atoms with E-state index in [2.05, 4.69) is 11.2 Å². The normalized spacial score (nSPS) is 18.4. The number of terminal acetylenes is 1. The number of hydrogen-bond donors (Lipinski definition) is 1. The van der Waals surface area contributed by atoms with Gasteiger partial charge in [-0.05, 0) is 0 Å². The number of nitrogens with one attached hydrogen (secondary N) is 1. The third-order valence-electron chi connectivity index (χ3n) is 0.994. The van der Waals surface area contributed by atoms with Crippen molar-refractivity contribution in [2.45, 2.75) is 0 Å². The van der Waals surface area contributed by atoms with E-state index >= 15 is 0 Å². The minimum atomic E-state index is 0.885. The van der Waals surface area contributed by atoms with Gasteiger partial charge >= 0.3 is 0 Å². The van der Waals surface area contributed by atoms with Crippen LogP contribution in [-0.4, -0.2) is 13.1 Å². The van der Waals surface area contributed by atoms with Gasteiger partial charge in [0.15, 0.2) is 0 Å². The van der Waals surface area contributed by atoms with Crippen molar-refractivity contribution < 1.29 is 0 Å². The minimum absolute atomic E-state index is 0.885. The van der Waals surface area contributed by atoms with E-state index in [0.717, 1.165) is 18.7 Å². The molecule has 1 nitrogen and oxygen atoms in total. The van der Waals surface area contributed by atoms with Crippen LogP contribution in [0.3, 0.4) is 0 Å². The Hall–Kier alpha value is -0.740. The summed E-state index contributed by atoms with van der Waals surface area (Å²) in [5, 5.41) is 3.09. The summed E-state index contributed by atoms with van der Waals surface area (Å²) in [5.41, 5.74) is 1.08. The molecule has 0 amide bonds. The highest BCUT2D eigenvalue weighted by atomic mass is 14.9. The quantitative estimate of drug-likeness (QED) is 0.420. The summed E-state index contributed by atoms with van der Waals surface area (Å²) in [7, 11) is 0. The van der Waals surface area contributed by atoms with E-state index in [1.165, 1.54) is 0 Å². The summed E-state index contributed by atoms with van der Waals surface area (Å²) < 4.78 is 0. The van der Waals surface area contributed by atoms with Gasteiger partial charge in [0, 0.05) is 18.7 Å². The summed E-state index contributed by atoms with van der Waals surface area (Å²) >= 11 is 0. The largest absolute Gasteiger partial charge is 0.309 e. The predicted molar refractivity (Wildman–Crippen MR) is 29.8 cm³/mol. The molecular weight excluding hydrogens is 86.1 g/mol. The van der Waals surface area contributed by atoms with Gasteiger partial charge in [-0.25, -0.2) is 0 Å². The Morgan fingerprint density at radius 3 is 3.00 bits per heavy atom. The molecule has 1 heteroatoms. The summed E-state index contributed by atoms with van der Waals surface area (Å²) in [4.78, 5) is 0. The monoisotopic (exact) mass is 93.1 g/mol. The van der Waals surface area contributed by atoms with Crippen LogP contribution in [0.4, 0.5) is 0 Å². The van der Waals surface area contributed by atoms with Gasteiger partial charge in [0.2, 0.25) is 0 Å². The van der Waals surface area contributed by atoms with Crippen LogP contribution in [0.25, 0.3) is 0 Å². The van der Waals surface area contributed by atoms with Gasteiger partial charge in [0.1, 0.15) is 0 Å². The zero-order valence-electron chi connectivity index (χ0n) is 4.07. The summed E-state index contributed by atoms with van der Waals surface area (Å²) in [6.07, 6.45) is 7.10. The molecule has 0 fully saturated rings. The molecule has 0 spiro atoms. The van der Waals surface area contributed by atoms with Crippen molar-refractivity contribution >= 4 is 0 Å². The Labute approximate surface area is 43.4 Å². The Balaban J connectivity index is 2.57. The average Bonchev–Trinajstić information content (AvgIpc) is 2.14. The molecule has 0 saturated heterocycles. The lowest BCUT2D eigenvalue weighted by atomic mass is 10.3. The van der Waals surface area contributed by atoms with Gasteiger partial charge in [-0.2, -0.15) is 0 Å². The molecule has 1 N–H and O–H groups in total. The van der Waals surface area contributed by atoms with Crippen molar-refractivity contribution in [2.24, 2.45) is 0 Å². The lowest BCUT2D eigenvalue weighted by molar-refractivity contribution is 0.884. The molecule has 0 aromatic carbocycles. The first kappa shape index (κ1) is 4.42. The molecular formula is C6H7N. The van der Waals surface area contributed by atoms with Gasteiger partial charge in [-0.1, -0.05) is 12.0 Å². The highest BCUT2D eigenvalue weighted by molar-refractivity contribution is 5.29. The second-order valence-electron chi connectivity index (χ2n) is 1.50. The van der Waals surface area contributed by atoms with E-state index in [1.54, 1.807) is 0 Å². The zero-order chi connectivity index (χ0) is 5.11. The standard InChI is InChI=1S/C6H7N/c1-2-6-3-4-7-5-6/h1,3,7H,4-5H2. The fourth-order valence-electron chi connectivity index (χ4n) is 0.584. The van der Waals surface area contributed by atoms with E-state index in [9.17, 15) is 0 Å². The molecule has 0 unspecified atom stereocenters. The Morgan fingerprint density at radius 1 is 1.86 bits per heavy atom. The van der Waals surface area contributed by atoms with E-state index in [-0.39, 0.29) is 0 Å². The first-order valence-corrected chi connectivity index (χ1v) is 2.30. The molecule has 7 heavy (non-hydrogen) atoms. The zero-order valence-corrected chi connectivity index (χ0v) is 4.07. The Bertz CT molecular complexity index is 128. The summed E-state index contributed by atoms with van der Waals surface area (Å²) in [6.45, 7) is 1.83. The lowest BCUT2D eigenvalue weighted by Crippen LogP contribution is -2.07. The van der Waals surface area contributed by atoms with E-state index in [4.69, 9.17) is 6.42 Å². The van der Waals surface area contributed by atoms with Crippen LogP contribution in [0.1, 0.15) is 0 Å². The van der Waals surface area contributed by atoms with Crippen molar-refractivity contribution in [3.63, 3.8) is 0 Å². The van der Waals surface area contributed by atoms with Crippen molar-refractivity contribution in [3.05, 3.63) is 11.6 Å². The van der Waals surface area contributed by atoms with Gasteiger partial charge in [0.05, 0.1) is 0 Å². The van der Waals surface area contributed by atoms with Crippen LogP contribution in [0, 0.1) is 12.3 Å². The van der Waals surface area contributed by atoms with Crippen molar-refractivity contribution in [3.8, 4) is 12.3 Å². The van der Waals surface area contributed by atoms with Crippen LogP contribution in [0.2, 0.25) is 0 Å². The lowest BCUT2D eigenvalue weighted by Gasteiger charge is -1.83. The molecule has 1 aliphatic rings. The molecule has 0 atom stereocenters. The predicted octanol–water partition coefficient (Wildman–Crippen LogP) is 0.149. The van der Waals surface area contributed by atoms with Crippen molar-refractivity contribution in [2.75, 3.05) is 13.1 Å². The molecule has 1 aliphatic heterocycles. The van der Waals surface area contributed by atoms with Crippen molar-refractivity contribution in [1.29, 1.82) is 0 Å². The molecule has 0 radical (unpaired) electrons. The van der Waals surface area contributed by atoms with Gasteiger partial charge in [0.25, 0.3) is 0 Å². The van der Waals surface area contributed by atoms with Crippen molar-refractivity contribution in [1.82, 2.24) is 5.32 Å². The fourth-order valence-corrected chi connectivity index (χ4v) is 0.584. The first-order chi connectivity index (χ1) is 3.43. The van der Waals surface area contributed by atoms with E-state index in [1.807, 2.05) is 6.08 Å². The third kappa shape index (κ3) is 0.819. The third-order valence-corrected chi connectivity index (χ3v) is 0.994. The van der Waals surface area contributed by atoms with Gasteiger partial charge in [-0.3, -0.25) is 0 Å². The SMILES string of the molecule is C#CC1=CCNC1.